The zero-order valence-corrected chi connectivity index (χ0v) is 15.3. The van der Waals surface area contributed by atoms with Gasteiger partial charge in [-0.1, -0.05) is 43.7 Å². The summed E-state index contributed by atoms with van der Waals surface area (Å²) in [5, 5.41) is 12.7. The number of aliphatic hydroxyl groups is 1. The Morgan fingerprint density at radius 3 is 2.42 bits per heavy atom. The average Bonchev–Trinajstić information content (AvgIpc) is 2.59. The number of hydrogen-bond donors (Lipinski definition) is 2. The minimum absolute atomic E-state index is 0.128. The third-order valence-corrected chi connectivity index (χ3v) is 4.86. The Morgan fingerprint density at radius 2 is 1.88 bits per heavy atom. The molecule has 1 heterocycles. The molecule has 2 rings (SSSR count). The number of aryl methyl sites for hydroxylation is 1. The van der Waals surface area contributed by atoms with Crippen LogP contribution in [0.1, 0.15) is 44.2 Å². The second-order valence-electron chi connectivity index (χ2n) is 7.50. The number of rotatable bonds is 7. The van der Waals surface area contributed by atoms with Crippen LogP contribution in [0.5, 0.6) is 0 Å². The predicted molar refractivity (Wildman–Crippen MR) is 97.7 cm³/mol. The summed E-state index contributed by atoms with van der Waals surface area (Å²) in [6.45, 7) is 8.89. The molecule has 1 aliphatic heterocycles. The van der Waals surface area contributed by atoms with Crippen molar-refractivity contribution in [2.75, 3.05) is 19.7 Å². The molecule has 1 saturated heterocycles. The smallest absolute Gasteiger partial charge is 0.239 e. The van der Waals surface area contributed by atoms with Gasteiger partial charge in [0.25, 0.3) is 0 Å². The van der Waals surface area contributed by atoms with E-state index in [2.05, 4.69) is 50.4 Å². The lowest BCUT2D eigenvalue weighted by molar-refractivity contribution is -0.135. The Kier molecular flexibility index (Phi) is 7.25. The minimum atomic E-state index is -0.128. The summed E-state index contributed by atoms with van der Waals surface area (Å²) in [6.07, 6.45) is 2.67. The van der Waals surface area contributed by atoms with E-state index in [4.69, 9.17) is 0 Å². The molecule has 4 heteroatoms. The topological polar surface area (TPSA) is 52.6 Å². The largest absolute Gasteiger partial charge is 0.396 e. The maximum absolute atomic E-state index is 12.9. The number of likely N-dealkylation sites (tertiary alicyclic amines) is 1. The van der Waals surface area contributed by atoms with Gasteiger partial charge in [-0.3, -0.25) is 4.79 Å². The molecule has 0 bridgehead atoms. The molecule has 1 fully saturated rings. The standard InChI is InChI=1S/C20H32N2O2/c1-15(2)12-19(21-13-17-6-4-16(3)5-7-17)20(24)22-10-8-18(14-23)9-11-22/h4-7,15,18-19,21,23H,8-14H2,1-3H3. The number of piperidine rings is 1. The number of carbonyl (C=O) groups is 1. The van der Waals surface area contributed by atoms with E-state index in [0.29, 0.717) is 11.8 Å². The van der Waals surface area contributed by atoms with Crippen molar-refractivity contribution in [1.82, 2.24) is 10.2 Å². The van der Waals surface area contributed by atoms with Crippen molar-refractivity contribution in [1.29, 1.82) is 0 Å². The predicted octanol–water partition coefficient (Wildman–Crippen LogP) is 2.73. The molecule has 1 unspecified atom stereocenters. The Labute approximate surface area is 146 Å². The molecular formula is C20H32N2O2. The van der Waals surface area contributed by atoms with Gasteiger partial charge < -0.3 is 15.3 Å². The molecule has 1 atom stereocenters. The van der Waals surface area contributed by atoms with Gasteiger partial charge in [0.15, 0.2) is 0 Å². The van der Waals surface area contributed by atoms with Crippen LogP contribution in [0, 0.1) is 18.8 Å². The van der Waals surface area contributed by atoms with Gasteiger partial charge in [-0.2, -0.15) is 0 Å². The van der Waals surface area contributed by atoms with Gasteiger partial charge in [-0.25, -0.2) is 0 Å². The third kappa shape index (κ3) is 5.60. The van der Waals surface area contributed by atoms with Crippen molar-refractivity contribution in [3.05, 3.63) is 35.4 Å². The summed E-state index contributed by atoms with van der Waals surface area (Å²) in [7, 11) is 0. The first-order valence-electron chi connectivity index (χ1n) is 9.18. The zero-order valence-electron chi connectivity index (χ0n) is 15.3. The monoisotopic (exact) mass is 332 g/mol. The normalized spacial score (nSPS) is 17.3. The van der Waals surface area contributed by atoms with Crippen LogP contribution in [-0.2, 0) is 11.3 Å². The Morgan fingerprint density at radius 1 is 1.25 bits per heavy atom. The lowest BCUT2D eigenvalue weighted by Gasteiger charge is -2.34. The van der Waals surface area contributed by atoms with Crippen molar-refractivity contribution in [3.63, 3.8) is 0 Å². The van der Waals surface area contributed by atoms with Gasteiger partial charge in [0.1, 0.15) is 0 Å². The highest BCUT2D eigenvalue weighted by Crippen LogP contribution is 2.18. The van der Waals surface area contributed by atoms with Gasteiger partial charge in [-0.15, -0.1) is 0 Å². The molecule has 0 aliphatic carbocycles. The van der Waals surface area contributed by atoms with Crippen LogP contribution >= 0.6 is 0 Å². The van der Waals surface area contributed by atoms with E-state index in [9.17, 15) is 9.90 Å². The summed E-state index contributed by atoms with van der Waals surface area (Å²) < 4.78 is 0. The molecule has 2 N–H and O–H groups in total. The Balaban J connectivity index is 1.94. The molecule has 0 radical (unpaired) electrons. The summed E-state index contributed by atoms with van der Waals surface area (Å²) in [5.74, 6) is 1.05. The highest BCUT2D eigenvalue weighted by atomic mass is 16.3. The fourth-order valence-electron chi connectivity index (χ4n) is 3.25. The maximum atomic E-state index is 12.9. The summed E-state index contributed by atoms with van der Waals surface area (Å²) in [5.41, 5.74) is 2.46. The highest BCUT2D eigenvalue weighted by Gasteiger charge is 2.28. The molecule has 0 spiro atoms. The average molecular weight is 332 g/mol. The van der Waals surface area contributed by atoms with Crippen LogP contribution in [0.4, 0.5) is 0 Å². The number of carbonyl (C=O) groups excluding carboxylic acids is 1. The molecule has 1 aromatic rings. The number of amides is 1. The van der Waals surface area contributed by atoms with Gasteiger partial charge in [0, 0.05) is 26.2 Å². The summed E-state index contributed by atoms with van der Waals surface area (Å²) in [4.78, 5) is 14.9. The second kappa shape index (κ2) is 9.19. The van der Waals surface area contributed by atoms with Gasteiger partial charge >= 0.3 is 0 Å². The van der Waals surface area contributed by atoms with Crippen molar-refractivity contribution >= 4 is 5.91 Å². The van der Waals surface area contributed by atoms with Crippen molar-refractivity contribution in [2.45, 2.75) is 52.6 Å². The van der Waals surface area contributed by atoms with Crippen LogP contribution < -0.4 is 5.32 Å². The van der Waals surface area contributed by atoms with Crippen LogP contribution in [-0.4, -0.2) is 41.7 Å². The van der Waals surface area contributed by atoms with E-state index >= 15 is 0 Å². The SMILES string of the molecule is Cc1ccc(CNC(CC(C)C)C(=O)N2CCC(CO)CC2)cc1. The molecule has 0 saturated carbocycles. The van der Waals surface area contributed by atoms with Crippen molar-refractivity contribution in [2.24, 2.45) is 11.8 Å². The van der Waals surface area contributed by atoms with E-state index in [1.807, 2.05) is 4.90 Å². The van der Waals surface area contributed by atoms with Crippen LogP contribution in [0.2, 0.25) is 0 Å². The Hall–Kier alpha value is -1.39. The number of aliphatic hydroxyl groups excluding tert-OH is 1. The highest BCUT2D eigenvalue weighted by molar-refractivity contribution is 5.82. The van der Waals surface area contributed by atoms with Crippen LogP contribution in [0.15, 0.2) is 24.3 Å². The zero-order chi connectivity index (χ0) is 17.5. The first-order valence-corrected chi connectivity index (χ1v) is 9.18. The second-order valence-corrected chi connectivity index (χ2v) is 7.50. The number of nitrogens with one attached hydrogen (secondary N) is 1. The lowest BCUT2D eigenvalue weighted by atomic mass is 9.96. The molecule has 4 nitrogen and oxygen atoms in total. The third-order valence-electron chi connectivity index (χ3n) is 4.86. The first-order chi connectivity index (χ1) is 11.5. The molecule has 1 aliphatic rings. The molecule has 24 heavy (non-hydrogen) atoms. The molecule has 1 amide bonds. The minimum Gasteiger partial charge on any atom is -0.396 e. The van der Waals surface area contributed by atoms with Crippen molar-refractivity contribution < 1.29 is 9.90 Å². The van der Waals surface area contributed by atoms with E-state index in [0.717, 1.165) is 38.9 Å². The van der Waals surface area contributed by atoms with Gasteiger partial charge in [0.05, 0.1) is 6.04 Å². The quantitative estimate of drug-likeness (QED) is 0.807. The maximum Gasteiger partial charge on any atom is 0.239 e. The van der Waals surface area contributed by atoms with Gasteiger partial charge in [0.2, 0.25) is 5.91 Å². The summed E-state index contributed by atoms with van der Waals surface area (Å²) in [6, 6.07) is 8.32. The number of hydrogen-bond acceptors (Lipinski definition) is 3. The fraction of sp³-hybridized carbons (Fsp3) is 0.650. The molecular weight excluding hydrogens is 300 g/mol. The van der Waals surface area contributed by atoms with Crippen LogP contribution in [0.3, 0.4) is 0 Å². The lowest BCUT2D eigenvalue weighted by Crippen LogP contribution is -2.49. The summed E-state index contributed by atoms with van der Waals surface area (Å²) >= 11 is 0. The number of benzene rings is 1. The van der Waals surface area contributed by atoms with Gasteiger partial charge in [-0.05, 0) is 43.6 Å². The molecule has 0 aromatic heterocycles. The van der Waals surface area contributed by atoms with E-state index in [1.54, 1.807) is 0 Å². The van der Waals surface area contributed by atoms with E-state index < -0.39 is 0 Å². The first kappa shape index (κ1) is 18.9. The van der Waals surface area contributed by atoms with E-state index in [1.165, 1.54) is 11.1 Å². The molecule has 134 valence electrons. The number of nitrogens with zero attached hydrogens (tertiary/aromatic N) is 1. The Bertz CT molecular complexity index is 505. The van der Waals surface area contributed by atoms with Crippen LogP contribution in [0.25, 0.3) is 0 Å². The van der Waals surface area contributed by atoms with E-state index in [-0.39, 0.29) is 18.6 Å². The van der Waals surface area contributed by atoms with Crippen molar-refractivity contribution in [3.8, 4) is 0 Å². The molecule has 1 aromatic carbocycles. The fourth-order valence-corrected chi connectivity index (χ4v) is 3.25.